The molecule has 19 heavy (non-hydrogen) atoms. The lowest BCUT2D eigenvalue weighted by Gasteiger charge is -2.20. The first-order valence-corrected chi connectivity index (χ1v) is 5.54. The maximum Gasteiger partial charge on any atom is 0.422 e. The van der Waals surface area contributed by atoms with Crippen molar-refractivity contribution in [2.24, 2.45) is 0 Å². The molecule has 0 aliphatic heterocycles. The van der Waals surface area contributed by atoms with Gasteiger partial charge in [0.05, 0.1) is 0 Å². The molecule has 0 radical (unpaired) electrons. The van der Waals surface area contributed by atoms with Gasteiger partial charge in [0.25, 0.3) is 0 Å². The van der Waals surface area contributed by atoms with Gasteiger partial charge in [0, 0.05) is 12.0 Å². The van der Waals surface area contributed by atoms with E-state index in [0.29, 0.717) is 0 Å². The van der Waals surface area contributed by atoms with Gasteiger partial charge in [-0.05, 0) is 27.2 Å². The van der Waals surface area contributed by atoms with Crippen LogP contribution in [0.25, 0.3) is 0 Å². The SMILES string of the molecule is C=C(CCC(=O)OCC(F)(F)F)C(=O)OC(C)(C)C. The van der Waals surface area contributed by atoms with Crippen LogP contribution in [0, 0.1) is 0 Å². The molecule has 0 aliphatic rings. The van der Waals surface area contributed by atoms with Crippen molar-refractivity contribution in [1.29, 1.82) is 0 Å². The monoisotopic (exact) mass is 282 g/mol. The minimum Gasteiger partial charge on any atom is -0.457 e. The summed E-state index contributed by atoms with van der Waals surface area (Å²) in [5, 5.41) is 0. The van der Waals surface area contributed by atoms with Gasteiger partial charge in [-0.2, -0.15) is 13.2 Å². The molecule has 0 amide bonds. The number of hydrogen-bond donors (Lipinski definition) is 0. The second-order valence-corrected chi connectivity index (χ2v) is 4.88. The molecule has 0 aliphatic carbocycles. The van der Waals surface area contributed by atoms with E-state index >= 15 is 0 Å². The summed E-state index contributed by atoms with van der Waals surface area (Å²) in [7, 11) is 0. The average molecular weight is 282 g/mol. The molecule has 0 aromatic rings. The molecule has 110 valence electrons. The van der Waals surface area contributed by atoms with E-state index in [4.69, 9.17) is 4.74 Å². The van der Waals surface area contributed by atoms with Gasteiger partial charge in [0.2, 0.25) is 0 Å². The van der Waals surface area contributed by atoms with Crippen molar-refractivity contribution in [1.82, 2.24) is 0 Å². The first-order chi connectivity index (χ1) is 8.41. The zero-order valence-corrected chi connectivity index (χ0v) is 11.1. The second-order valence-electron chi connectivity index (χ2n) is 4.88. The Morgan fingerprint density at radius 3 is 2.05 bits per heavy atom. The smallest absolute Gasteiger partial charge is 0.422 e. The van der Waals surface area contributed by atoms with Gasteiger partial charge in [-0.25, -0.2) is 4.79 Å². The molecule has 0 heterocycles. The summed E-state index contributed by atoms with van der Waals surface area (Å²) in [6.07, 6.45) is -5.02. The molecule has 0 saturated heterocycles. The van der Waals surface area contributed by atoms with Crippen molar-refractivity contribution in [2.45, 2.75) is 45.4 Å². The van der Waals surface area contributed by atoms with E-state index in [1.165, 1.54) is 0 Å². The summed E-state index contributed by atoms with van der Waals surface area (Å²) in [6, 6.07) is 0. The van der Waals surface area contributed by atoms with Crippen LogP contribution in [0.1, 0.15) is 33.6 Å². The van der Waals surface area contributed by atoms with Crippen LogP contribution in [-0.2, 0) is 19.1 Å². The summed E-state index contributed by atoms with van der Waals surface area (Å²) >= 11 is 0. The van der Waals surface area contributed by atoms with Crippen LogP contribution in [0.15, 0.2) is 12.2 Å². The van der Waals surface area contributed by atoms with Gasteiger partial charge < -0.3 is 9.47 Å². The highest BCUT2D eigenvalue weighted by Gasteiger charge is 2.29. The number of carbonyl (C=O) groups is 2. The number of alkyl halides is 3. The molecular weight excluding hydrogens is 265 g/mol. The van der Waals surface area contributed by atoms with Crippen LogP contribution in [0.3, 0.4) is 0 Å². The molecule has 7 heteroatoms. The Morgan fingerprint density at radius 1 is 1.11 bits per heavy atom. The molecule has 0 atom stereocenters. The molecular formula is C12H17F3O4. The van der Waals surface area contributed by atoms with Crippen molar-refractivity contribution < 1.29 is 32.2 Å². The minimum atomic E-state index is -4.56. The fraction of sp³-hybridized carbons (Fsp3) is 0.667. The topological polar surface area (TPSA) is 52.6 Å². The zero-order chi connectivity index (χ0) is 15.3. The van der Waals surface area contributed by atoms with E-state index in [2.05, 4.69) is 11.3 Å². The number of esters is 2. The first kappa shape index (κ1) is 17.5. The lowest BCUT2D eigenvalue weighted by atomic mass is 10.1. The summed E-state index contributed by atoms with van der Waals surface area (Å²) < 4.78 is 44.2. The predicted molar refractivity (Wildman–Crippen MR) is 61.2 cm³/mol. The van der Waals surface area contributed by atoms with Crippen molar-refractivity contribution >= 4 is 11.9 Å². The number of carbonyl (C=O) groups excluding carboxylic acids is 2. The van der Waals surface area contributed by atoms with Gasteiger partial charge >= 0.3 is 18.1 Å². The third kappa shape index (κ3) is 10.1. The maximum atomic E-state index is 11.8. The highest BCUT2D eigenvalue weighted by atomic mass is 19.4. The molecule has 0 fully saturated rings. The Labute approximate surface area is 109 Å². The number of hydrogen-bond acceptors (Lipinski definition) is 4. The zero-order valence-electron chi connectivity index (χ0n) is 11.1. The Hall–Kier alpha value is -1.53. The summed E-state index contributed by atoms with van der Waals surface area (Å²) in [4.78, 5) is 22.4. The fourth-order valence-electron chi connectivity index (χ4n) is 0.940. The normalized spacial score (nSPS) is 11.9. The Bertz CT molecular complexity index is 353. The van der Waals surface area contributed by atoms with Gasteiger partial charge in [-0.3, -0.25) is 4.79 Å². The van der Waals surface area contributed by atoms with Crippen molar-refractivity contribution in [3.63, 3.8) is 0 Å². The van der Waals surface area contributed by atoms with Crippen LogP contribution >= 0.6 is 0 Å². The summed E-state index contributed by atoms with van der Waals surface area (Å²) in [5.74, 6) is -1.72. The van der Waals surface area contributed by atoms with E-state index in [0.717, 1.165) is 0 Å². The predicted octanol–water partition coefficient (Wildman–Crippen LogP) is 2.77. The molecule has 0 unspecified atom stereocenters. The first-order valence-electron chi connectivity index (χ1n) is 5.54. The van der Waals surface area contributed by atoms with Gasteiger partial charge in [0.1, 0.15) is 5.60 Å². The summed E-state index contributed by atoms with van der Waals surface area (Å²) in [6.45, 7) is 6.77. The van der Waals surface area contributed by atoms with Crippen LogP contribution in [0.5, 0.6) is 0 Å². The maximum absolute atomic E-state index is 11.8. The van der Waals surface area contributed by atoms with E-state index in [-0.39, 0.29) is 18.4 Å². The quantitative estimate of drug-likeness (QED) is 0.574. The molecule has 0 aromatic carbocycles. The molecule has 4 nitrogen and oxygen atoms in total. The number of rotatable bonds is 5. The molecule has 0 bridgehead atoms. The average Bonchev–Trinajstić information content (AvgIpc) is 2.19. The lowest BCUT2D eigenvalue weighted by molar-refractivity contribution is -0.186. The van der Waals surface area contributed by atoms with Crippen molar-refractivity contribution in [3.8, 4) is 0 Å². The number of ether oxygens (including phenoxy) is 2. The highest BCUT2D eigenvalue weighted by molar-refractivity contribution is 5.88. The standard InChI is InChI=1S/C12H17F3O4/c1-8(10(17)19-11(2,3)4)5-6-9(16)18-7-12(13,14)15/h1,5-7H2,2-4H3. The van der Waals surface area contributed by atoms with Crippen molar-refractivity contribution in [3.05, 3.63) is 12.2 Å². The second kappa shape index (κ2) is 6.58. The Balaban J connectivity index is 4.03. The third-order valence-electron chi connectivity index (χ3n) is 1.72. The van der Waals surface area contributed by atoms with Gasteiger partial charge in [-0.1, -0.05) is 6.58 Å². The van der Waals surface area contributed by atoms with Crippen LogP contribution in [0.2, 0.25) is 0 Å². The third-order valence-corrected chi connectivity index (χ3v) is 1.72. The number of halogens is 3. The molecule has 0 aromatic heterocycles. The highest BCUT2D eigenvalue weighted by Crippen LogP contribution is 2.16. The van der Waals surface area contributed by atoms with Crippen LogP contribution in [0.4, 0.5) is 13.2 Å². The molecule has 0 N–H and O–H groups in total. The summed E-state index contributed by atoms with van der Waals surface area (Å²) in [5.41, 5.74) is -0.685. The van der Waals surface area contributed by atoms with Crippen molar-refractivity contribution in [2.75, 3.05) is 6.61 Å². The van der Waals surface area contributed by atoms with Gasteiger partial charge in [0.15, 0.2) is 6.61 Å². The van der Waals surface area contributed by atoms with Gasteiger partial charge in [-0.15, -0.1) is 0 Å². The molecule has 0 saturated carbocycles. The molecule has 0 rings (SSSR count). The molecule has 0 spiro atoms. The van der Waals surface area contributed by atoms with E-state index in [1.807, 2.05) is 0 Å². The van der Waals surface area contributed by atoms with E-state index in [9.17, 15) is 22.8 Å². The fourth-order valence-corrected chi connectivity index (χ4v) is 0.940. The minimum absolute atomic E-state index is 0.0129. The van der Waals surface area contributed by atoms with Crippen LogP contribution in [-0.4, -0.2) is 30.3 Å². The van der Waals surface area contributed by atoms with E-state index in [1.54, 1.807) is 20.8 Å². The lowest BCUT2D eigenvalue weighted by Crippen LogP contribution is -2.25. The van der Waals surface area contributed by atoms with Crippen LogP contribution < -0.4 is 0 Å². The van der Waals surface area contributed by atoms with E-state index < -0.39 is 30.3 Å². The largest absolute Gasteiger partial charge is 0.457 e. The Kier molecular flexibility index (Phi) is 6.05. The Morgan fingerprint density at radius 2 is 1.63 bits per heavy atom.